The van der Waals surface area contributed by atoms with Gasteiger partial charge in [-0.25, -0.2) is 4.98 Å². The van der Waals surface area contributed by atoms with Crippen LogP contribution in [0.25, 0.3) is 0 Å². The third kappa shape index (κ3) is 2.19. The molecule has 2 aliphatic rings. The van der Waals surface area contributed by atoms with Gasteiger partial charge >= 0.3 is 0 Å². The number of fused-ring (bicyclic) bond motifs is 1. The van der Waals surface area contributed by atoms with E-state index in [1.165, 1.54) is 36.8 Å². The molecule has 1 saturated carbocycles. The summed E-state index contributed by atoms with van der Waals surface area (Å²) in [4.78, 5) is 8.77. The Labute approximate surface area is 102 Å². The van der Waals surface area contributed by atoms with Gasteiger partial charge in [-0.2, -0.15) is 0 Å². The van der Waals surface area contributed by atoms with Gasteiger partial charge in [0.1, 0.15) is 5.82 Å². The van der Waals surface area contributed by atoms with Crippen molar-refractivity contribution in [1.82, 2.24) is 4.98 Å². The van der Waals surface area contributed by atoms with Crippen molar-refractivity contribution < 1.29 is 0 Å². The van der Waals surface area contributed by atoms with Crippen LogP contribution in [0.1, 0.15) is 43.7 Å². The first-order chi connectivity index (χ1) is 8.33. The third-order valence-corrected chi connectivity index (χ3v) is 3.92. The molecule has 1 aromatic rings. The van der Waals surface area contributed by atoms with Crippen molar-refractivity contribution in [3.05, 3.63) is 23.4 Å². The molecule has 0 amide bonds. The van der Waals surface area contributed by atoms with Crippen molar-refractivity contribution in [2.24, 2.45) is 10.9 Å². The first-order valence-electron chi connectivity index (χ1n) is 6.57. The molecule has 0 saturated heterocycles. The van der Waals surface area contributed by atoms with E-state index in [0.717, 1.165) is 18.3 Å². The zero-order chi connectivity index (χ0) is 11.7. The Hall–Kier alpha value is -1.38. The van der Waals surface area contributed by atoms with Gasteiger partial charge in [0.05, 0.1) is 6.54 Å². The minimum Gasteiger partial charge on any atom is -0.367 e. The molecule has 0 unspecified atom stereocenters. The van der Waals surface area contributed by atoms with Crippen LogP contribution in [0.2, 0.25) is 0 Å². The summed E-state index contributed by atoms with van der Waals surface area (Å²) in [6, 6.07) is 2.66. The summed E-state index contributed by atoms with van der Waals surface area (Å²) in [7, 11) is 0. The van der Waals surface area contributed by atoms with E-state index in [2.05, 4.69) is 28.3 Å². The summed E-state index contributed by atoms with van der Waals surface area (Å²) in [5.41, 5.74) is 2.50. The van der Waals surface area contributed by atoms with Crippen LogP contribution in [0.15, 0.2) is 17.3 Å². The van der Waals surface area contributed by atoms with E-state index < -0.39 is 0 Å². The van der Waals surface area contributed by atoms with E-state index in [-0.39, 0.29) is 0 Å². The summed E-state index contributed by atoms with van der Waals surface area (Å²) in [5, 5.41) is 3.60. The Morgan fingerprint density at radius 2 is 2.06 bits per heavy atom. The van der Waals surface area contributed by atoms with Crippen LogP contribution in [0.3, 0.4) is 0 Å². The SMILES string of the molecule is CC1CCC(Nc2nccc3c2C=NC3)CC1. The molecule has 0 spiro atoms. The third-order valence-electron chi connectivity index (χ3n) is 3.92. The molecule has 0 radical (unpaired) electrons. The topological polar surface area (TPSA) is 37.3 Å². The molecular formula is C14H19N3. The van der Waals surface area contributed by atoms with Gasteiger partial charge in [0.2, 0.25) is 0 Å². The maximum atomic E-state index is 4.46. The molecular weight excluding hydrogens is 210 g/mol. The second kappa shape index (κ2) is 4.47. The second-order valence-corrected chi connectivity index (χ2v) is 5.30. The van der Waals surface area contributed by atoms with Crippen molar-refractivity contribution in [3.8, 4) is 0 Å². The summed E-state index contributed by atoms with van der Waals surface area (Å²) in [6.45, 7) is 3.16. The van der Waals surface area contributed by atoms with Gasteiger partial charge in [0.15, 0.2) is 0 Å². The van der Waals surface area contributed by atoms with Crippen molar-refractivity contribution in [2.45, 2.75) is 45.2 Å². The lowest BCUT2D eigenvalue weighted by molar-refractivity contribution is 0.361. The van der Waals surface area contributed by atoms with Crippen LogP contribution in [-0.2, 0) is 6.54 Å². The average molecular weight is 229 g/mol. The number of hydrogen-bond acceptors (Lipinski definition) is 3. The van der Waals surface area contributed by atoms with E-state index in [9.17, 15) is 0 Å². The van der Waals surface area contributed by atoms with E-state index in [4.69, 9.17) is 0 Å². The van der Waals surface area contributed by atoms with E-state index in [0.29, 0.717) is 6.04 Å². The number of nitrogens with one attached hydrogen (secondary N) is 1. The summed E-state index contributed by atoms with van der Waals surface area (Å²) in [6.07, 6.45) is 9.05. The minimum atomic E-state index is 0.596. The highest BCUT2D eigenvalue weighted by Gasteiger charge is 2.20. The lowest BCUT2D eigenvalue weighted by Gasteiger charge is -2.27. The molecule has 2 heterocycles. The molecule has 3 rings (SSSR count). The Bertz CT molecular complexity index is 431. The number of hydrogen-bond donors (Lipinski definition) is 1. The first-order valence-corrected chi connectivity index (χ1v) is 6.57. The molecule has 0 bridgehead atoms. The summed E-state index contributed by atoms with van der Waals surface area (Å²) < 4.78 is 0. The normalized spacial score (nSPS) is 26.9. The Morgan fingerprint density at radius 3 is 2.88 bits per heavy atom. The van der Waals surface area contributed by atoms with Crippen molar-refractivity contribution >= 4 is 12.0 Å². The number of anilines is 1. The predicted octanol–water partition coefficient (Wildman–Crippen LogP) is 3.00. The average Bonchev–Trinajstić information content (AvgIpc) is 2.81. The number of nitrogens with zero attached hydrogens (tertiary/aromatic N) is 2. The Balaban J connectivity index is 1.73. The predicted molar refractivity (Wildman–Crippen MR) is 70.6 cm³/mol. The Kier molecular flexibility index (Phi) is 2.83. The second-order valence-electron chi connectivity index (χ2n) is 5.30. The lowest BCUT2D eigenvalue weighted by atomic mass is 9.87. The molecule has 1 fully saturated rings. The highest BCUT2D eigenvalue weighted by Crippen LogP contribution is 2.27. The number of aliphatic imine (C=N–C) groups is 1. The molecule has 0 aromatic carbocycles. The molecule has 90 valence electrons. The number of pyridine rings is 1. The van der Waals surface area contributed by atoms with Gasteiger partial charge in [0.25, 0.3) is 0 Å². The molecule has 1 N–H and O–H groups in total. The highest BCUT2D eigenvalue weighted by molar-refractivity contribution is 5.90. The zero-order valence-electron chi connectivity index (χ0n) is 10.3. The number of aromatic nitrogens is 1. The van der Waals surface area contributed by atoms with E-state index in [1.54, 1.807) is 0 Å². The van der Waals surface area contributed by atoms with Gasteiger partial charge < -0.3 is 5.32 Å². The molecule has 3 nitrogen and oxygen atoms in total. The maximum absolute atomic E-state index is 4.46. The Morgan fingerprint density at radius 1 is 1.24 bits per heavy atom. The van der Waals surface area contributed by atoms with Crippen LogP contribution < -0.4 is 5.32 Å². The van der Waals surface area contributed by atoms with Gasteiger partial charge in [-0.15, -0.1) is 0 Å². The fraction of sp³-hybridized carbons (Fsp3) is 0.571. The van der Waals surface area contributed by atoms with Crippen LogP contribution in [0.4, 0.5) is 5.82 Å². The fourth-order valence-electron chi connectivity index (χ4n) is 2.74. The first kappa shape index (κ1) is 10.8. The van der Waals surface area contributed by atoms with Gasteiger partial charge in [-0.05, 0) is 43.2 Å². The largest absolute Gasteiger partial charge is 0.367 e. The van der Waals surface area contributed by atoms with Gasteiger partial charge in [-0.1, -0.05) is 6.92 Å². The molecule has 1 aromatic heterocycles. The van der Waals surface area contributed by atoms with Crippen LogP contribution in [0.5, 0.6) is 0 Å². The quantitative estimate of drug-likeness (QED) is 0.846. The summed E-state index contributed by atoms with van der Waals surface area (Å²) in [5.74, 6) is 1.92. The monoisotopic (exact) mass is 229 g/mol. The fourth-order valence-corrected chi connectivity index (χ4v) is 2.74. The molecule has 17 heavy (non-hydrogen) atoms. The van der Waals surface area contributed by atoms with Crippen molar-refractivity contribution in [3.63, 3.8) is 0 Å². The molecule has 1 aliphatic carbocycles. The van der Waals surface area contributed by atoms with E-state index in [1.807, 2.05) is 12.4 Å². The van der Waals surface area contributed by atoms with Crippen LogP contribution in [-0.4, -0.2) is 17.2 Å². The number of rotatable bonds is 2. The van der Waals surface area contributed by atoms with Crippen molar-refractivity contribution in [1.29, 1.82) is 0 Å². The molecule has 1 aliphatic heterocycles. The van der Waals surface area contributed by atoms with Gasteiger partial charge in [0, 0.05) is 24.0 Å². The van der Waals surface area contributed by atoms with Crippen LogP contribution >= 0.6 is 0 Å². The van der Waals surface area contributed by atoms with Crippen LogP contribution in [0, 0.1) is 5.92 Å². The highest BCUT2D eigenvalue weighted by atomic mass is 15.0. The zero-order valence-corrected chi connectivity index (χ0v) is 10.3. The summed E-state index contributed by atoms with van der Waals surface area (Å²) >= 11 is 0. The molecule has 3 heteroatoms. The van der Waals surface area contributed by atoms with Crippen molar-refractivity contribution in [2.75, 3.05) is 5.32 Å². The smallest absolute Gasteiger partial charge is 0.135 e. The van der Waals surface area contributed by atoms with E-state index >= 15 is 0 Å². The lowest BCUT2D eigenvalue weighted by Crippen LogP contribution is -2.26. The molecule has 0 atom stereocenters. The maximum Gasteiger partial charge on any atom is 0.135 e. The standard InChI is InChI=1S/C14H19N3/c1-10-2-4-12(5-3-10)17-14-13-9-15-8-11(13)6-7-16-14/h6-7,9-10,12H,2-5,8H2,1H3,(H,16,17). The van der Waals surface area contributed by atoms with Gasteiger partial charge in [-0.3, -0.25) is 4.99 Å². The minimum absolute atomic E-state index is 0.596.